The Morgan fingerprint density at radius 2 is 1.92 bits per heavy atom. The van der Waals surface area contributed by atoms with E-state index in [0.29, 0.717) is 29.6 Å². The van der Waals surface area contributed by atoms with Gasteiger partial charge in [-0.25, -0.2) is 0 Å². The Bertz CT molecular complexity index is 590. The van der Waals surface area contributed by atoms with E-state index in [1.54, 1.807) is 24.3 Å². The molecule has 5 nitrogen and oxygen atoms in total. The maximum absolute atomic E-state index is 12.1. The Kier molecular flexibility index (Phi) is 5.74. The number of piperidine rings is 1. The van der Waals surface area contributed by atoms with Gasteiger partial charge in [0.2, 0.25) is 5.91 Å². The molecule has 2 atom stereocenters. The van der Waals surface area contributed by atoms with Crippen LogP contribution in [0.2, 0.25) is 5.02 Å². The Balaban J connectivity index is 1.39. The Labute approximate surface area is 147 Å². The van der Waals surface area contributed by atoms with Crippen molar-refractivity contribution in [1.82, 2.24) is 15.5 Å². The summed E-state index contributed by atoms with van der Waals surface area (Å²) in [5.41, 5.74) is 0.549. The monoisotopic (exact) mass is 349 g/mol. The molecule has 0 unspecified atom stereocenters. The lowest BCUT2D eigenvalue weighted by atomic mass is 9.99. The third-order valence-electron chi connectivity index (χ3n) is 4.95. The summed E-state index contributed by atoms with van der Waals surface area (Å²) in [6.07, 6.45) is 5.05. The number of rotatable bonds is 5. The average Bonchev–Trinajstić information content (AvgIpc) is 2.98. The molecule has 2 fully saturated rings. The molecular formula is C18H24ClN3O2. The van der Waals surface area contributed by atoms with Crippen molar-refractivity contribution < 1.29 is 9.59 Å². The molecular weight excluding hydrogens is 326 g/mol. The van der Waals surface area contributed by atoms with E-state index in [1.807, 2.05) is 0 Å². The largest absolute Gasteiger partial charge is 0.352 e. The second kappa shape index (κ2) is 7.99. The number of hydrogen-bond donors (Lipinski definition) is 2. The molecule has 2 saturated heterocycles. The van der Waals surface area contributed by atoms with Crippen molar-refractivity contribution >= 4 is 23.4 Å². The molecule has 24 heavy (non-hydrogen) atoms. The zero-order valence-corrected chi connectivity index (χ0v) is 14.5. The molecule has 2 heterocycles. The van der Waals surface area contributed by atoms with Gasteiger partial charge in [0, 0.05) is 42.2 Å². The van der Waals surface area contributed by atoms with Gasteiger partial charge in [-0.1, -0.05) is 18.0 Å². The van der Waals surface area contributed by atoms with Gasteiger partial charge in [-0.3, -0.25) is 14.5 Å². The molecule has 0 radical (unpaired) electrons. The fourth-order valence-electron chi connectivity index (χ4n) is 3.69. The minimum Gasteiger partial charge on any atom is -0.352 e. The first-order valence-corrected chi connectivity index (χ1v) is 9.08. The van der Waals surface area contributed by atoms with Crippen LogP contribution in [0.1, 0.15) is 42.5 Å². The number of halogens is 1. The summed E-state index contributed by atoms with van der Waals surface area (Å²) in [4.78, 5) is 26.6. The topological polar surface area (TPSA) is 61.4 Å². The van der Waals surface area contributed by atoms with Crippen LogP contribution in [0, 0.1) is 0 Å². The molecule has 2 N–H and O–H groups in total. The average molecular weight is 350 g/mol. The molecule has 0 bridgehead atoms. The van der Waals surface area contributed by atoms with Crippen LogP contribution in [0.5, 0.6) is 0 Å². The van der Waals surface area contributed by atoms with E-state index in [0.717, 1.165) is 19.5 Å². The number of nitrogens with one attached hydrogen (secondary N) is 2. The number of fused-ring (bicyclic) bond motifs is 1. The highest BCUT2D eigenvalue weighted by Gasteiger charge is 2.35. The molecule has 1 aromatic carbocycles. The molecule has 2 aliphatic rings. The fraction of sp³-hybridized carbons (Fsp3) is 0.556. The minimum atomic E-state index is -0.182. The van der Waals surface area contributed by atoms with Gasteiger partial charge in [0.1, 0.15) is 0 Å². The quantitative estimate of drug-likeness (QED) is 0.856. The standard InChI is InChI=1S/C18H24ClN3O2/c19-14-6-4-13(5-7-14)18(24)20-10-8-17(23)21-15-9-12-22-11-2-1-3-16(15)22/h4-7,15-16H,1-3,8-12H2,(H,20,24)(H,21,23)/t15-,16-/m0/s1. The summed E-state index contributed by atoms with van der Waals surface area (Å²) >= 11 is 5.80. The SMILES string of the molecule is O=C(CCNC(=O)c1ccc(Cl)cc1)N[C@H]1CCN2CCCC[C@@H]12. The van der Waals surface area contributed by atoms with E-state index in [2.05, 4.69) is 15.5 Å². The summed E-state index contributed by atoms with van der Waals surface area (Å²) in [6.45, 7) is 2.59. The molecule has 1 aromatic rings. The first-order chi connectivity index (χ1) is 11.6. The van der Waals surface area contributed by atoms with Crippen molar-refractivity contribution in [1.29, 1.82) is 0 Å². The van der Waals surface area contributed by atoms with Crippen molar-refractivity contribution in [3.63, 3.8) is 0 Å². The third kappa shape index (κ3) is 4.28. The number of carbonyl (C=O) groups excluding carboxylic acids is 2. The van der Waals surface area contributed by atoms with E-state index < -0.39 is 0 Å². The number of nitrogens with zero attached hydrogens (tertiary/aromatic N) is 1. The molecule has 2 aliphatic heterocycles. The Morgan fingerprint density at radius 1 is 1.12 bits per heavy atom. The van der Waals surface area contributed by atoms with Gasteiger partial charge in [0.05, 0.1) is 0 Å². The summed E-state index contributed by atoms with van der Waals surface area (Å²) in [5.74, 6) is -0.164. The minimum absolute atomic E-state index is 0.0174. The molecule has 6 heteroatoms. The highest BCUT2D eigenvalue weighted by Crippen LogP contribution is 2.27. The van der Waals surface area contributed by atoms with Crippen molar-refractivity contribution in [2.45, 2.75) is 44.2 Å². The summed E-state index contributed by atoms with van der Waals surface area (Å²) in [6, 6.07) is 7.48. The van der Waals surface area contributed by atoms with Gasteiger partial charge < -0.3 is 10.6 Å². The Morgan fingerprint density at radius 3 is 2.71 bits per heavy atom. The lowest BCUT2D eigenvalue weighted by Gasteiger charge is -2.32. The van der Waals surface area contributed by atoms with Gasteiger partial charge >= 0.3 is 0 Å². The molecule has 0 spiro atoms. The molecule has 2 amide bonds. The molecule has 130 valence electrons. The van der Waals surface area contributed by atoms with Crippen LogP contribution < -0.4 is 10.6 Å². The maximum Gasteiger partial charge on any atom is 0.251 e. The normalized spacial score (nSPS) is 23.5. The second-order valence-corrected chi connectivity index (χ2v) is 7.01. The van der Waals surface area contributed by atoms with Crippen LogP contribution in [0.15, 0.2) is 24.3 Å². The zero-order valence-electron chi connectivity index (χ0n) is 13.8. The molecule has 0 aliphatic carbocycles. The molecule has 3 rings (SSSR count). The van der Waals surface area contributed by atoms with E-state index >= 15 is 0 Å². The predicted molar refractivity (Wildman–Crippen MR) is 94.2 cm³/mol. The van der Waals surface area contributed by atoms with Crippen LogP contribution in [0.4, 0.5) is 0 Å². The predicted octanol–water partition coefficient (Wildman–Crippen LogP) is 2.20. The highest BCUT2D eigenvalue weighted by molar-refractivity contribution is 6.30. The van der Waals surface area contributed by atoms with Crippen molar-refractivity contribution in [3.05, 3.63) is 34.9 Å². The van der Waals surface area contributed by atoms with Crippen molar-refractivity contribution in [2.75, 3.05) is 19.6 Å². The Hall–Kier alpha value is -1.59. The lowest BCUT2D eigenvalue weighted by Crippen LogP contribution is -2.47. The van der Waals surface area contributed by atoms with E-state index in [1.165, 1.54) is 19.3 Å². The zero-order chi connectivity index (χ0) is 16.9. The number of carbonyl (C=O) groups is 2. The van der Waals surface area contributed by atoms with Crippen molar-refractivity contribution in [3.8, 4) is 0 Å². The fourth-order valence-corrected chi connectivity index (χ4v) is 3.81. The second-order valence-electron chi connectivity index (χ2n) is 6.57. The van der Waals surface area contributed by atoms with Gasteiger partial charge in [-0.2, -0.15) is 0 Å². The lowest BCUT2D eigenvalue weighted by molar-refractivity contribution is -0.121. The van der Waals surface area contributed by atoms with Gasteiger partial charge in [-0.05, 0) is 50.1 Å². The van der Waals surface area contributed by atoms with Crippen molar-refractivity contribution in [2.24, 2.45) is 0 Å². The van der Waals surface area contributed by atoms with Crippen LogP contribution in [0.25, 0.3) is 0 Å². The van der Waals surface area contributed by atoms with Gasteiger partial charge in [-0.15, -0.1) is 0 Å². The smallest absolute Gasteiger partial charge is 0.251 e. The highest BCUT2D eigenvalue weighted by atomic mass is 35.5. The first-order valence-electron chi connectivity index (χ1n) is 8.70. The van der Waals surface area contributed by atoms with E-state index in [9.17, 15) is 9.59 Å². The molecule has 0 aromatic heterocycles. The number of amides is 2. The molecule has 0 saturated carbocycles. The van der Waals surface area contributed by atoms with Crippen LogP contribution in [0.3, 0.4) is 0 Å². The number of benzene rings is 1. The van der Waals surface area contributed by atoms with Crippen LogP contribution >= 0.6 is 11.6 Å². The summed E-state index contributed by atoms with van der Waals surface area (Å²) < 4.78 is 0. The first kappa shape index (κ1) is 17.2. The van der Waals surface area contributed by atoms with E-state index in [-0.39, 0.29) is 17.9 Å². The maximum atomic E-state index is 12.1. The summed E-state index contributed by atoms with van der Waals surface area (Å²) in [5, 5.41) is 6.52. The third-order valence-corrected chi connectivity index (χ3v) is 5.20. The number of hydrogen-bond acceptors (Lipinski definition) is 3. The van der Waals surface area contributed by atoms with Gasteiger partial charge in [0.25, 0.3) is 5.91 Å². The van der Waals surface area contributed by atoms with Crippen LogP contribution in [-0.4, -0.2) is 48.4 Å². The summed E-state index contributed by atoms with van der Waals surface area (Å²) in [7, 11) is 0. The van der Waals surface area contributed by atoms with E-state index in [4.69, 9.17) is 11.6 Å². The van der Waals surface area contributed by atoms with Gasteiger partial charge in [0.15, 0.2) is 0 Å². The van der Waals surface area contributed by atoms with Crippen LogP contribution in [-0.2, 0) is 4.79 Å².